The van der Waals surface area contributed by atoms with E-state index in [2.05, 4.69) is 20.9 Å². The number of fused-ring (bicyclic) bond motifs is 11. The lowest BCUT2D eigenvalue weighted by Gasteiger charge is -2.34. The van der Waals surface area contributed by atoms with Crippen LogP contribution in [-0.4, -0.2) is 83.2 Å². The topological polar surface area (TPSA) is 136 Å². The van der Waals surface area contributed by atoms with Crippen molar-refractivity contribution in [3.05, 3.63) is 108 Å². The lowest BCUT2D eigenvalue weighted by atomic mass is 9.96. The van der Waals surface area contributed by atoms with Gasteiger partial charge in [0.05, 0.1) is 6.04 Å². The molecule has 52 heavy (non-hydrogen) atoms. The van der Waals surface area contributed by atoms with E-state index in [0.717, 1.165) is 22.0 Å². The van der Waals surface area contributed by atoms with Gasteiger partial charge in [-0.3, -0.25) is 24.1 Å². The van der Waals surface area contributed by atoms with E-state index in [1.807, 2.05) is 106 Å². The number of rotatable bonds is 9. The van der Waals surface area contributed by atoms with E-state index >= 15 is 0 Å². The van der Waals surface area contributed by atoms with Gasteiger partial charge in [-0.05, 0) is 80.2 Å². The van der Waals surface area contributed by atoms with Gasteiger partial charge in [0, 0.05) is 29.8 Å². The molecular formula is C41H48N6O5. The number of aromatic nitrogens is 1. The third kappa shape index (κ3) is 8.05. The van der Waals surface area contributed by atoms with Gasteiger partial charge in [-0.2, -0.15) is 0 Å². The van der Waals surface area contributed by atoms with Gasteiger partial charge in [0.1, 0.15) is 23.9 Å². The SMILES string of the molecule is CC[C@@H](C)[C@@H]1NC(=O)[C@@H](NC(=O)[C@@H]2CCCN2C(=O)[C@H](Cc2c[nH]c3ccccc23)N(C)C)[C@H](c2ccccc2)Oc2ccc(cc2)/C=C\NC1=O. The van der Waals surface area contributed by atoms with Crippen LogP contribution < -0.4 is 20.7 Å². The van der Waals surface area contributed by atoms with Crippen LogP contribution in [-0.2, 0) is 25.6 Å². The Kier molecular flexibility index (Phi) is 11.4. The van der Waals surface area contributed by atoms with Gasteiger partial charge in [0.25, 0.3) is 0 Å². The molecule has 7 rings (SSSR count). The third-order valence-corrected chi connectivity index (χ3v) is 10.3. The van der Waals surface area contributed by atoms with Gasteiger partial charge < -0.3 is 30.6 Å². The highest BCUT2D eigenvalue weighted by molar-refractivity contribution is 5.96. The molecule has 4 amide bonds. The minimum atomic E-state index is -1.25. The van der Waals surface area contributed by atoms with Crippen LogP contribution in [0.4, 0.5) is 0 Å². The summed E-state index contributed by atoms with van der Waals surface area (Å²) in [6, 6.07) is 21.1. The fourth-order valence-electron chi connectivity index (χ4n) is 7.05. The van der Waals surface area contributed by atoms with E-state index in [1.54, 1.807) is 29.3 Å². The van der Waals surface area contributed by atoms with Crippen LogP contribution in [0.5, 0.6) is 5.75 Å². The van der Waals surface area contributed by atoms with Crippen LogP contribution in [0.3, 0.4) is 0 Å². The molecule has 2 bridgehead atoms. The molecule has 3 aliphatic heterocycles. The second-order valence-electron chi connectivity index (χ2n) is 14.0. The van der Waals surface area contributed by atoms with Crippen molar-refractivity contribution < 1.29 is 23.9 Å². The molecule has 0 unspecified atom stereocenters. The zero-order valence-electron chi connectivity index (χ0n) is 30.2. The fraction of sp³-hybridized carbons (Fsp3) is 0.366. The molecule has 11 nitrogen and oxygen atoms in total. The maximum atomic E-state index is 14.5. The second kappa shape index (κ2) is 16.3. The summed E-state index contributed by atoms with van der Waals surface area (Å²) >= 11 is 0. The highest BCUT2D eigenvalue weighted by Crippen LogP contribution is 2.29. The lowest BCUT2D eigenvalue weighted by Crippen LogP contribution is -2.60. The Bertz CT molecular complexity index is 1910. The first kappa shape index (κ1) is 36.4. The number of hydrogen-bond acceptors (Lipinski definition) is 6. The van der Waals surface area contributed by atoms with Crippen molar-refractivity contribution >= 4 is 40.6 Å². The summed E-state index contributed by atoms with van der Waals surface area (Å²) in [4.78, 5) is 63.5. The van der Waals surface area contributed by atoms with Crippen LogP contribution in [0.2, 0.25) is 0 Å². The second-order valence-corrected chi connectivity index (χ2v) is 14.0. The molecule has 3 aliphatic rings. The Morgan fingerprint density at radius 1 is 0.981 bits per heavy atom. The molecule has 0 spiro atoms. The number of carbonyl (C=O) groups excluding carboxylic acids is 4. The number of nitrogens with zero attached hydrogens (tertiary/aromatic N) is 2. The number of carbonyl (C=O) groups is 4. The molecular weight excluding hydrogens is 656 g/mol. The summed E-state index contributed by atoms with van der Waals surface area (Å²) in [5.41, 5.74) is 3.53. The standard InChI is InChI=1S/C41H48N6O5/c1-5-26(2)35-39(49)42-22-21-27-17-19-30(20-18-27)52-37(28-12-7-6-8-13-28)36(40(50)44-35)45-38(48)33-16-11-23-47(33)41(51)34(46(3)4)24-29-25-43-32-15-10-9-14-31(29)32/h6-10,12-15,17-22,25-26,33-37,43H,5,11,16,23-24H2,1-4H3,(H,42,49)(H,44,50)(H,45,48)/b22-21-/t26-,33+,34+,35+,36+,37+/m1/s1. The van der Waals surface area contributed by atoms with E-state index in [-0.39, 0.29) is 17.7 Å². The Balaban J connectivity index is 1.32. The van der Waals surface area contributed by atoms with Crippen LogP contribution >= 0.6 is 0 Å². The van der Waals surface area contributed by atoms with Gasteiger partial charge in [0.15, 0.2) is 6.10 Å². The number of nitrogens with one attached hydrogen (secondary N) is 4. The molecule has 4 N–H and O–H groups in total. The van der Waals surface area contributed by atoms with Crippen LogP contribution in [0, 0.1) is 5.92 Å². The van der Waals surface area contributed by atoms with E-state index in [9.17, 15) is 19.2 Å². The molecule has 4 heterocycles. The smallest absolute Gasteiger partial charge is 0.247 e. The fourth-order valence-corrected chi connectivity index (χ4v) is 7.05. The van der Waals surface area contributed by atoms with Crippen LogP contribution in [0.15, 0.2) is 91.3 Å². The molecule has 0 radical (unpaired) electrons. The lowest BCUT2D eigenvalue weighted by molar-refractivity contribution is -0.143. The van der Waals surface area contributed by atoms with Crippen molar-refractivity contribution in [3.63, 3.8) is 0 Å². The molecule has 0 aliphatic carbocycles. The normalized spacial score (nSPS) is 22.6. The number of aromatic amines is 1. The first-order valence-corrected chi connectivity index (χ1v) is 18.1. The van der Waals surface area contributed by atoms with Gasteiger partial charge >= 0.3 is 0 Å². The van der Waals surface area contributed by atoms with E-state index in [1.165, 1.54) is 0 Å². The van der Waals surface area contributed by atoms with E-state index < -0.39 is 42.1 Å². The highest BCUT2D eigenvalue weighted by Gasteiger charge is 2.42. The number of ether oxygens (including phenoxy) is 1. The van der Waals surface area contributed by atoms with E-state index in [0.29, 0.717) is 43.5 Å². The predicted molar refractivity (Wildman–Crippen MR) is 201 cm³/mol. The minimum absolute atomic E-state index is 0.152. The minimum Gasteiger partial charge on any atom is -0.483 e. The first-order valence-electron chi connectivity index (χ1n) is 18.1. The zero-order chi connectivity index (χ0) is 36.8. The number of likely N-dealkylation sites (N-methyl/N-ethyl adjacent to an activating group) is 1. The zero-order valence-corrected chi connectivity index (χ0v) is 30.2. The number of amides is 4. The monoisotopic (exact) mass is 704 g/mol. The number of hydrogen-bond donors (Lipinski definition) is 4. The highest BCUT2D eigenvalue weighted by atomic mass is 16.5. The summed E-state index contributed by atoms with van der Waals surface area (Å²) in [5, 5.41) is 9.82. The Morgan fingerprint density at radius 3 is 2.44 bits per heavy atom. The van der Waals surface area contributed by atoms with E-state index in [4.69, 9.17) is 4.74 Å². The van der Waals surface area contributed by atoms with Crippen molar-refractivity contribution in [1.82, 2.24) is 30.7 Å². The number of benzene rings is 3. The molecule has 1 fully saturated rings. The molecule has 3 aromatic carbocycles. The average molecular weight is 705 g/mol. The molecule has 11 heteroatoms. The maximum Gasteiger partial charge on any atom is 0.247 e. The van der Waals surface area contributed by atoms with Gasteiger partial charge in [-0.15, -0.1) is 0 Å². The molecule has 272 valence electrons. The predicted octanol–water partition coefficient (Wildman–Crippen LogP) is 4.57. The summed E-state index contributed by atoms with van der Waals surface area (Å²) in [6.45, 7) is 4.26. The van der Waals surface area contributed by atoms with Gasteiger partial charge in [0.2, 0.25) is 23.6 Å². The number of H-pyrrole nitrogens is 1. The maximum absolute atomic E-state index is 14.5. The Labute approximate surface area is 304 Å². The Hall–Kier alpha value is -5.42. The van der Waals surface area contributed by atoms with Crippen molar-refractivity contribution in [2.75, 3.05) is 20.6 Å². The number of para-hydroxylation sites is 1. The molecule has 1 aromatic heterocycles. The summed E-state index contributed by atoms with van der Waals surface area (Å²) in [6.07, 6.45) is 6.49. The first-order chi connectivity index (χ1) is 25.1. The van der Waals surface area contributed by atoms with Crippen molar-refractivity contribution in [3.8, 4) is 5.75 Å². The molecule has 6 atom stereocenters. The van der Waals surface area contributed by atoms with Crippen molar-refractivity contribution in [1.29, 1.82) is 0 Å². The quantitative estimate of drug-likeness (QED) is 0.202. The number of likely N-dealkylation sites (tertiary alicyclic amines) is 1. The van der Waals surface area contributed by atoms with Crippen molar-refractivity contribution in [2.45, 2.75) is 69.8 Å². The Morgan fingerprint density at radius 2 is 1.71 bits per heavy atom. The third-order valence-electron chi connectivity index (χ3n) is 10.3. The molecule has 4 aromatic rings. The summed E-state index contributed by atoms with van der Waals surface area (Å²) in [7, 11) is 3.74. The van der Waals surface area contributed by atoms with Crippen LogP contribution in [0.25, 0.3) is 17.0 Å². The van der Waals surface area contributed by atoms with Gasteiger partial charge in [-0.1, -0.05) is 80.9 Å². The largest absolute Gasteiger partial charge is 0.483 e. The molecule has 0 saturated carbocycles. The van der Waals surface area contributed by atoms with Crippen LogP contribution in [0.1, 0.15) is 55.9 Å². The molecule has 1 saturated heterocycles. The van der Waals surface area contributed by atoms with Crippen molar-refractivity contribution in [2.24, 2.45) is 5.92 Å². The van der Waals surface area contributed by atoms with Gasteiger partial charge in [-0.25, -0.2) is 0 Å². The summed E-state index contributed by atoms with van der Waals surface area (Å²) in [5.74, 6) is -1.25. The average Bonchev–Trinajstić information content (AvgIpc) is 3.82. The summed E-state index contributed by atoms with van der Waals surface area (Å²) < 4.78 is 6.54.